The molecule has 0 radical (unpaired) electrons. The number of anilines is 1. The lowest BCUT2D eigenvalue weighted by Crippen LogP contribution is -2.34. The van der Waals surface area contributed by atoms with Crippen LogP contribution in [-0.4, -0.2) is 19.7 Å². The first kappa shape index (κ1) is 13.8. The zero-order valence-electron chi connectivity index (χ0n) is 10.9. The molecule has 2 rings (SSSR count). The van der Waals surface area contributed by atoms with E-state index in [9.17, 15) is 0 Å². The second-order valence-corrected chi connectivity index (χ2v) is 5.94. The van der Waals surface area contributed by atoms with Crippen molar-refractivity contribution in [1.29, 1.82) is 0 Å². The van der Waals surface area contributed by atoms with E-state index in [-0.39, 0.29) is 0 Å². The van der Waals surface area contributed by atoms with Gasteiger partial charge in [-0.3, -0.25) is 0 Å². The van der Waals surface area contributed by atoms with Gasteiger partial charge in [0.15, 0.2) is 0 Å². The molecule has 2 N–H and O–H groups in total. The van der Waals surface area contributed by atoms with Crippen LogP contribution in [0, 0.1) is 12.8 Å². The number of nitrogens with zero attached hydrogens (tertiary/aromatic N) is 1. The van der Waals surface area contributed by atoms with Crippen LogP contribution >= 0.6 is 15.9 Å². The van der Waals surface area contributed by atoms with Crippen molar-refractivity contribution in [3.63, 3.8) is 0 Å². The molecule has 0 bridgehead atoms. The summed E-state index contributed by atoms with van der Waals surface area (Å²) in [5, 5.41) is 0. The van der Waals surface area contributed by atoms with E-state index in [1.165, 1.54) is 24.1 Å². The summed E-state index contributed by atoms with van der Waals surface area (Å²) in [4.78, 5) is 7.16. The summed E-state index contributed by atoms with van der Waals surface area (Å²) < 4.78 is 1.15. The predicted molar refractivity (Wildman–Crippen MR) is 78.6 cm³/mol. The molecular weight excluding hydrogens is 292 g/mol. The standard InChI is InChI=1S/C14H21BrN2O/c1-11-10-13(15)2-3-14(11)17-7-4-12(5-8-17)6-9-18-16/h2-3,10,12H,4-9,16H2,1H3. The summed E-state index contributed by atoms with van der Waals surface area (Å²) in [5.41, 5.74) is 2.71. The van der Waals surface area contributed by atoms with Gasteiger partial charge >= 0.3 is 0 Å². The molecule has 1 aromatic rings. The van der Waals surface area contributed by atoms with E-state index in [1.807, 2.05) is 0 Å². The quantitative estimate of drug-likeness (QED) is 0.867. The second kappa shape index (κ2) is 6.55. The van der Waals surface area contributed by atoms with Crippen molar-refractivity contribution in [2.75, 3.05) is 24.6 Å². The first-order chi connectivity index (χ1) is 8.70. The van der Waals surface area contributed by atoms with Crippen LogP contribution in [0.5, 0.6) is 0 Å². The third-order valence-corrected chi connectivity index (χ3v) is 4.25. The van der Waals surface area contributed by atoms with Gasteiger partial charge in [0.1, 0.15) is 0 Å². The smallest absolute Gasteiger partial charge is 0.0681 e. The highest BCUT2D eigenvalue weighted by Crippen LogP contribution is 2.29. The minimum atomic E-state index is 0.683. The molecule has 0 atom stereocenters. The molecule has 100 valence electrons. The number of halogens is 1. The molecule has 0 saturated carbocycles. The lowest BCUT2D eigenvalue weighted by atomic mass is 9.93. The minimum absolute atomic E-state index is 0.683. The molecule has 4 heteroatoms. The lowest BCUT2D eigenvalue weighted by molar-refractivity contribution is 0.118. The van der Waals surface area contributed by atoms with Crippen LogP contribution in [0.2, 0.25) is 0 Å². The number of benzene rings is 1. The Morgan fingerprint density at radius 1 is 1.39 bits per heavy atom. The van der Waals surface area contributed by atoms with Gasteiger partial charge in [0.2, 0.25) is 0 Å². The highest BCUT2D eigenvalue weighted by atomic mass is 79.9. The van der Waals surface area contributed by atoms with E-state index in [1.54, 1.807) is 0 Å². The summed E-state index contributed by atoms with van der Waals surface area (Å²) in [6.45, 7) is 5.13. The molecule has 0 unspecified atom stereocenters. The Kier molecular flexibility index (Phi) is 5.03. The molecule has 1 heterocycles. The summed E-state index contributed by atoms with van der Waals surface area (Å²) in [6, 6.07) is 6.52. The number of nitrogens with two attached hydrogens (primary N) is 1. The monoisotopic (exact) mass is 312 g/mol. The van der Waals surface area contributed by atoms with Crippen LogP contribution in [0.15, 0.2) is 22.7 Å². The van der Waals surface area contributed by atoms with Crippen LogP contribution in [0.25, 0.3) is 0 Å². The third-order valence-electron chi connectivity index (χ3n) is 3.76. The molecule has 0 aliphatic carbocycles. The summed E-state index contributed by atoms with van der Waals surface area (Å²) in [7, 11) is 0. The first-order valence-electron chi connectivity index (χ1n) is 6.53. The maximum Gasteiger partial charge on any atom is 0.0681 e. The number of hydrogen-bond acceptors (Lipinski definition) is 3. The van der Waals surface area contributed by atoms with Crippen LogP contribution in [-0.2, 0) is 4.84 Å². The van der Waals surface area contributed by atoms with Gasteiger partial charge in [-0.1, -0.05) is 15.9 Å². The van der Waals surface area contributed by atoms with Crippen LogP contribution in [0.1, 0.15) is 24.8 Å². The molecular formula is C14H21BrN2O. The van der Waals surface area contributed by atoms with Crippen molar-refractivity contribution in [3.8, 4) is 0 Å². The van der Waals surface area contributed by atoms with E-state index in [2.05, 4.69) is 50.8 Å². The van der Waals surface area contributed by atoms with Gasteiger partial charge in [0.25, 0.3) is 0 Å². The number of hydrogen-bond donors (Lipinski definition) is 1. The number of aryl methyl sites for hydroxylation is 1. The van der Waals surface area contributed by atoms with Gasteiger partial charge in [0.05, 0.1) is 6.61 Å². The highest BCUT2D eigenvalue weighted by molar-refractivity contribution is 9.10. The number of rotatable bonds is 4. The normalized spacial score (nSPS) is 17.2. The van der Waals surface area contributed by atoms with Gasteiger partial charge in [-0.25, -0.2) is 5.90 Å². The first-order valence-corrected chi connectivity index (χ1v) is 7.33. The van der Waals surface area contributed by atoms with E-state index >= 15 is 0 Å². The average molecular weight is 313 g/mol. The molecule has 18 heavy (non-hydrogen) atoms. The van der Waals surface area contributed by atoms with Gasteiger partial charge in [-0.15, -0.1) is 0 Å². The fraction of sp³-hybridized carbons (Fsp3) is 0.571. The number of piperidine rings is 1. The Labute approximate surface area is 117 Å². The summed E-state index contributed by atoms with van der Waals surface area (Å²) in [5.74, 6) is 5.85. The van der Waals surface area contributed by atoms with E-state index in [0.717, 1.165) is 29.9 Å². The van der Waals surface area contributed by atoms with Crippen molar-refractivity contribution in [3.05, 3.63) is 28.2 Å². The van der Waals surface area contributed by atoms with Gasteiger partial charge in [-0.2, -0.15) is 0 Å². The molecule has 0 aromatic heterocycles. The van der Waals surface area contributed by atoms with Crippen LogP contribution < -0.4 is 10.8 Å². The van der Waals surface area contributed by atoms with Crippen molar-refractivity contribution >= 4 is 21.6 Å². The molecule has 3 nitrogen and oxygen atoms in total. The Hall–Kier alpha value is -0.580. The Bertz CT molecular complexity index is 389. The Balaban J connectivity index is 1.93. The fourth-order valence-electron chi connectivity index (χ4n) is 2.67. The van der Waals surface area contributed by atoms with Crippen molar-refractivity contribution in [2.45, 2.75) is 26.2 Å². The van der Waals surface area contributed by atoms with E-state index in [0.29, 0.717) is 6.61 Å². The largest absolute Gasteiger partial charge is 0.371 e. The fourth-order valence-corrected chi connectivity index (χ4v) is 3.15. The maximum atomic E-state index is 5.08. The molecule has 1 aliphatic rings. The maximum absolute atomic E-state index is 5.08. The Morgan fingerprint density at radius 2 is 2.11 bits per heavy atom. The summed E-state index contributed by atoms with van der Waals surface area (Å²) in [6.07, 6.45) is 3.56. The average Bonchev–Trinajstić information content (AvgIpc) is 2.37. The SMILES string of the molecule is Cc1cc(Br)ccc1N1CCC(CCON)CC1. The van der Waals surface area contributed by atoms with Gasteiger partial charge in [-0.05, 0) is 55.9 Å². The van der Waals surface area contributed by atoms with Gasteiger partial charge in [0, 0.05) is 23.2 Å². The predicted octanol–water partition coefficient (Wildman–Crippen LogP) is 3.25. The zero-order chi connectivity index (χ0) is 13.0. The summed E-state index contributed by atoms with van der Waals surface area (Å²) >= 11 is 3.51. The van der Waals surface area contributed by atoms with E-state index < -0.39 is 0 Å². The lowest BCUT2D eigenvalue weighted by Gasteiger charge is -2.34. The van der Waals surface area contributed by atoms with Crippen LogP contribution in [0.3, 0.4) is 0 Å². The molecule has 0 spiro atoms. The third kappa shape index (κ3) is 3.46. The molecule has 1 saturated heterocycles. The molecule has 0 amide bonds. The second-order valence-electron chi connectivity index (χ2n) is 5.02. The minimum Gasteiger partial charge on any atom is -0.371 e. The van der Waals surface area contributed by atoms with Crippen LogP contribution in [0.4, 0.5) is 5.69 Å². The van der Waals surface area contributed by atoms with E-state index in [4.69, 9.17) is 5.90 Å². The Morgan fingerprint density at radius 3 is 2.72 bits per heavy atom. The highest BCUT2D eigenvalue weighted by Gasteiger charge is 2.20. The van der Waals surface area contributed by atoms with Crippen molar-refractivity contribution in [2.24, 2.45) is 11.8 Å². The zero-order valence-corrected chi connectivity index (χ0v) is 12.4. The molecule has 1 aromatic carbocycles. The topological polar surface area (TPSA) is 38.5 Å². The van der Waals surface area contributed by atoms with Gasteiger partial charge < -0.3 is 9.74 Å². The molecule has 1 aliphatic heterocycles. The van der Waals surface area contributed by atoms with Crippen molar-refractivity contribution in [1.82, 2.24) is 0 Å². The molecule has 1 fully saturated rings. The van der Waals surface area contributed by atoms with Crippen molar-refractivity contribution < 1.29 is 4.84 Å².